The first-order chi connectivity index (χ1) is 19.8. The summed E-state index contributed by atoms with van der Waals surface area (Å²) in [5.41, 5.74) is 4.60. The van der Waals surface area contributed by atoms with Crippen LogP contribution in [-0.2, 0) is 0 Å². The number of para-hydroxylation sites is 1. The van der Waals surface area contributed by atoms with E-state index >= 15 is 0 Å². The predicted octanol–water partition coefficient (Wildman–Crippen LogP) is 6.50. The molecule has 6 aromatic carbocycles. The van der Waals surface area contributed by atoms with E-state index in [1.165, 1.54) is 26.1 Å². The fraction of sp³-hybridized carbons (Fsp3) is 0. The van der Waals surface area contributed by atoms with E-state index in [-0.39, 0.29) is 0 Å². The lowest BCUT2D eigenvalue weighted by Gasteiger charge is -2.35. The summed E-state index contributed by atoms with van der Waals surface area (Å²) >= 11 is 0. The van der Waals surface area contributed by atoms with Crippen LogP contribution in [0.5, 0.6) is 0 Å². The zero-order valence-corrected chi connectivity index (χ0v) is 22.8. The molecule has 7 rings (SSSR count). The smallest absolute Gasteiger partial charge is 0.180 e. The molecule has 40 heavy (non-hydrogen) atoms. The molecule has 0 fully saturated rings. The summed E-state index contributed by atoms with van der Waals surface area (Å²) in [5, 5.41) is 17.1. The number of benzene rings is 6. The van der Waals surface area contributed by atoms with E-state index in [4.69, 9.17) is 4.42 Å². The van der Waals surface area contributed by atoms with Crippen molar-refractivity contribution in [2.45, 2.75) is 0 Å². The molecule has 0 radical (unpaired) electrons. The molecule has 1 heterocycles. The van der Waals surface area contributed by atoms with Gasteiger partial charge in [-0.1, -0.05) is 127 Å². The fourth-order valence-electron chi connectivity index (χ4n) is 6.13. The van der Waals surface area contributed by atoms with E-state index in [1.54, 1.807) is 0 Å². The minimum atomic E-state index is -2.86. The second-order valence-corrected chi connectivity index (χ2v) is 13.8. The van der Waals surface area contributed by atoms with Crippen molar-refractivity contribution in [2.75, 3.05) is 0 Å². The quantitative estimate of drug-likeness (QED) is 0.189. The van der Waals surface area contributed by atoms with Crippen LogP contribution in [0.4, 0.5) is 0 Å². The molecule has 7 aromatic rings. The first kappa shape index (κ1) is 23.9. The minimum absolute atomic E-state index is 0.659. The molecule has 3 heteroatoms. The maximum atomic E-state index is 9.55. The molecule has 188 valence electrons. The molecule has 0 unspecified atom stereocenters. The van der Waals surface area contributed by atoms with Crippen molar-refractivity contribution in [3.63, 3.8) is 0 Å². The van der Waals surface area contributed by atoms with Crippen molar-refractivity contribution in [1.82, 2.24) is 0 Å². The zero-order valence-electron chi connectivity index (χ0n) is 21.8. The van der Waals surface area contributed by atoms with Crippen LogP contribution >= 0.6 is 0 Å². The van der Waals surface area contributed by atoms with E-state index in [1.807, 2.05) is 24.3 Å². The van der Waals surface area contributed by atoms with E-state index in [2.05, 4.69) is 133 Å². The van der Waals surface area contributed by atoms with Gasteiger partial charge in [-0.3, -0.25) is 0 Å². The third-order valence-corrected chi connectivity index (χ3v) is 12.6. The summed E-state index contributed by atoms with van der Waals surface area (Å²) in [6.45, 7) is 0. The Labute approximate surface area is 234 Å². The molecule has 1 aromatic heterocycles. The number of furan rings is 1. The van der Waals surface area contributed by atoms with Gasteiger partial charge in [-0.15, -0.1) is 0 Å². The molecule has 0 amide bonds. The molecule has 0 aliphatic heterocycles. The Morgan fingerprint density at radius 3 is 1.80 bits per heavy atom. The SMILES string of the molecule is N#Cc1cccc(-c2cccc([Si](c3ccccc3)(c3ccccc3)c3cccc4oc5ccccc5c34)c2)c1. The molecular weight excluding hydrogens is 502 g/mol. The predicted molar refractivity (Wildman–Crippen MR) is 167 cm³/mol. The van der Waals surface area contributed by atoms with Crippen molar-refractivity contribution in [2.24, 2.45) is 0 Å². The lowest BCUT2D eigenvalue weighted by molar-refractivity contribution is 0.669. The van der Waals surface area contributed by atoms with Crippen LogP contribution in [0.15, 0.2) is 156 Å². The Hall–Kier alpha value is -5.17. The molecule has 0 N–H and O–H groups in total. The number of fused-ring (bicyclic) bond motifs is 3. The van der Waals surface area contributed by atoms with Gasteiger partial charge in [-0.05, 0) is 56.1 Å². The number of nitrogens with zero attached hydrogens (tertiary/aromatic N) is 1. The highest BCUT2D eigenvalue weighted by Gasteiger charge is 2.43. The van der Waals surface area contributed by atoms with E-state index in [9.17, 15) is 5.26 Å². The molecule has 0 spiro atoms. The van der Waals surface area contributed by atoms with Crippen LogP contribution in [0.1, 0.15) is 5.56 Å². The standard InChI is InChI=1S/C37H25NOSi/c38-26-27-12-9-13-28(24-27)29-14-10-19-32(25-29)40(30-15-3-1-4-16-30,31-17-5-2-6-18-31)36-23-11-22-35-37(36)33-20-7-8-21-34(33)39-35/h1-25H. The normalized spacial score (nSPS) is 11.5. The van der Waals surface area contributed by atoms with Crippen LogP contribution in [0.25, 0.3) is 33.1 Å². The van der Waals surface area contributed by atoms with Gasteiger partial charge in [0.1, 0.15) is 11.2 Å². The Kier molecular flexibility index (Phi) is 5.89. The van der Waals surface area contributed by atoms with Crippen molar-refractivity contribution >= 4 is 50.8 Å². The average molecular weight is 528 g/mol. The molecule has 0 bridgehead atoms. The van der Waals surface area contributed by atoms with E-state index in [0.29, 0.717) is 5.56 Å². The van der Waals surface area contributed by atoms with Crippen molar-refractivity contribution in [3.8, 4) is 17.2 Å². The van der Waals surface area contributed by atoms with Crippen LogP contribution in [0, 0.1) is 11.3 Å². The molecule has 0 aliphatic rings. The largest absolute Gasteiger partial charge is 0.456 e. The van der Waals surface area contributed by atoms with Crippen LogP contribution in [-0.4, -0.2) is 8.07 Å². The molecule has 0 aliphatic carbocycles. The van der Waals surface area contributed by atoms with Gasteiger partial charge in [0.25, 0.3) is 0 Å². The molecule has 0 atom stereocenters. The highest BCUT2D eigenvalue weighted by molar-refractivity contribution is 7.20. The second kappa shape index (κ2) is 9.85. The van der Waals surface area contributed by atoms with Gasteiger partial charge in [0, 0.05) is 10.8 Å². The summed E-state index contributed by atoms with van der Waals surface area (Å²) in [6.07, 6.45) is 0. The van der Waals surface area contributed by atoms with E-state index in [0.717, 1.165) is 27.7 Å². The lowest BCUT2D eigenvalue weighted by atomic mass is 10.0. The maximum Gasteiger partial charge on any atom is 0.180 e. The van der Waals surface area contributed by atoms with Gasteiger partial charge < -0.3 is 4.42 Å². The first-order valence-corrected chi connectivity index (χ1v) is 15.4. The minimum Gasteiger partial charge on any atom is -0.456 e. The van der Waals surface area contributed by atoms with E-state index < -0.39 is 8.07 Å². The van der Waals surface area contributed by atoms with Crippen molar-refractivity contribution in [3.05, 3.63) is 157 Å². The number of rotatable bonds is 5. The Morgan fingerprint density at radius 1 is 0.500 bits per heavy atom. The summed E-state index contributed by atoms with van der Waals surface area (Å²) in [4.78, 5) is 0. The van der Waals surface area contributed by atoms with Gasteiger partial charge in [0.15, 0.2) is 8.07 Å². The Morgan fingerprint density at radius 2 is 1.07 bits per heavy atom. The Bertz CT molecular complexity index is 1980. The molecule has 0 saturated heterocycles. The number of hydrogen-bond donors (Lipinski definition) is 0. The van der Waals surface area contributed by atoms with Gasteiger partial charge in [0.05, 0.1) is 11.6 Å². The van der Waals surface area contributed by atoms with Crippen molar-refractivity contribution < 1.29 is 4.42 Å². The summed E-state index contributed by atoms with van der Waals surface area (Å²) < 4.78 is 6.41. The molecular formula is C37H25NOSi. The highest BCUT2D eigenvalue weighted by Crippen LogP contribution is 2.29. The monoisotopic (exact) mass is 527 g/mol. The third kappa shape index (κ3) is 3.78. The zero-order chi connectivity index (χ0) is 26.9. The molecule has 2 nitrogen and oxygen atoms in total. The summed E-state index contributed by atoms with van der Waals surface area (Å²) in [6, 6.07) is 55.8. The average Bonchev–Trinajstić information content (AvgIpc) is 3.42. The van der Waals surface area contributed by atoms with Gasteiger partial charge in [-0.2, -0.15) is 5.26 Å². The number of hydrogen-bond acceptors (Lipinski definition) is 2. The van der Waals surface area contributed by atoms with Gasteiger partial charge >= 0.3 is 0 Å². The van der Waals surface area contributed by atoms with Crippen LogP contribution in [0.2, 0.25) is 0 Å². The summed E-state index contributed by atoms with van der Waals surface area (Å²) in [5.74, 6) is 0. The lowest BCUT2D eigenvalue weighted by Crippen LogP contribution is -2.74. The van der Waals surface area contributed by atoms with Crippen LogP contribution < -0.4 is 20.7 Å². The first-order valence-electron chi connectivity index (χ1n) is 13.4. The third-order valence-electron chi connectivity index (χ3n) is 7.84. The fourth-order valence-corrected chi connectivity index (χ4v) is 11.1. The molecule has 0 saturated carbocycles. The van der Waals surface area contributed by atoms with Gasteiger partial charge in [0.2, 0.25) is 0 Å². The summed E-state index contributed by atoms with van der Waals surface area (Å²) in [7, 11) is -2.86. The second-order valence-electron chi connectivity index (χ2n) is 10.0. The Balaban J connectivity index is 1.63. The highest BCUT2D eigenvalue weighted by atomic mass is 28.3. The number of nitriles is 1. The topological polar surface area (TPSA) is 36.9 Å². The maximum absolute atomic E-state index is 9.55. The van der Waals surface area contributed by atoms with Crippen LogP contribution in [0.3, 0.4) is 0 Å². The van der Waals surface area contributed by atoms with Crippen molar-refractivity contribution in [1.29, 1.82) is 5.26 Å². The van der Waals surface area contributed by atoms with Gasteiger partial charge in [-0.25, -0.2) is 0 Å².